The fraction of sp³-hybridized carbons (Fsp3) is 0.294. The minimum atomic E-state index is -0.620. The lowest BCUT2D eigenvalue weighted by atomic mass is 9.84. The Morgan fingerprint density at radius 2 is 1.60 bits per heavy atom. The van der Waals surface area contributed by atoms with Crippen LogP contribution in [0.5, 0.6) is 11.5 Å². The number of benzene rings is 2. The Morgan fingerprint density at radius 1 is 0.950 bits per heavy atom. The Morgan fingerprint density at radius 3 is 2.15 bits per heavy atom. The van der Waals surface area contributed by atoms with E-state index >= 15 is 0 Å². The van der Waals surface area contributed by atoms with E-state index in [0.29, 0.717) is 0 Å². The van der Waals surface area contributed by atoms with Crippen LogP contribution < -0.4 is 15.2 Å². The van der Waals surface area contributed by atoms with Gasteiger partial charge in [0.25, 0.3) is 0 Å². The third-order valence-corrected chi connectivity index (χ3v) is 3.62. The van der Waals surface area contributed by atoms with E-state index in [4.69, 9.17) is 15.2 Å². The highest BCUT2D eigenvalue weighted by molar-refractivity contribution is 5.49. The van der Waals surface area contributed by atoms with Crippen molar-refractivity contribution in [2.75, 3.05) is 14.2 Å². The maximum atomic E-state index is 6.56. The van der Waals surface area contributed by atoms with E-state index in [1.807, 2.05) is 25.1 Å². The summed E-state index contributed by atoms with van der Waals surface area (Å²) in [6.45, 7) is 4.05. The highest BCUT2D eigenvalue weighted by Crippen LogP contribution is 2.35. The first-order valence-electron chi connectivity index (χ1n) is 6.57. The molecule has 3 heteroatoms. The van der Waals surface area contributed by atoms with Gasteiger partial charge in [0.15, 0.2) is 0 Å². The van der Waals surface area contributed by atoms with Gasteiger partial charge in [-0.2, -0.15) is 0 Å². The van der Waals surface area contributed by atoms with E-state index in [2.05, 4.69) is 31.2 Å². The smallest absolute Gasteiger partial charge is 0.127 e. The fourth-order valence-electron chi connectivity index (χ4n) is 2.28. The van der Waals surface area contributed by atoms with Crippen LogP contribution in [0.1, 0.15) is 23.6 Å². The van der Waals surface area contributed by atoms with Crippen molar-refractivity contribution in [2.45, 2.75) is 19.4 Å². The van der Waals surface area contributed by atoms with Crippen molar-refractivity contribution in [3.8, 4) is 11.5 Å². The van der Waals surface area contributed by atoms with Crippen molar-refractivity contribution in [3.05, 3.63) is 59.2 Å². The van der Waals surface area contributed by atoms with E-state index in [-0.39, 0.29) is 0 Å². The molecule has 0 aromatic heterocycles. The molecule has 0 heterocycles. The molecule has 1 atom stereocenters. The zero-order valence-electron chi connectivity index (χ0n) is 12.4. The molecule has 3 nitrogen and oxygen atoms in total. The Kier molecular flexibility index (Phi) is 4.00. The lowest BCUT2D eigenvalue weighted by Gasteiger charge is -2.28. The first-order chi connectivity index (χ1) is 9.48. The summed E-state index contributed by atoms with van der Waals surface area (Å²) in [7, 11) is 3.28. The topological polar surface area (TPSA) is 44.5 Å². The number of rotatable bonds is 4. The zero-order valence-corrected chi connectivity index (χ0v) is 12.4. The van der Waals surface area contributed by atoms with Gasteiger partial charge in [0, 0.05) is 11.6 Å². The molecule has 0 aliphatic rings. The van der Waals surface area contributed by atoms with Gasteiger partial charge in [-0.15, -0.1) is 0 Å². The van der Waals surface area contributed by atoms with Crippen molar-refractivity contribution in [3.63, 3.8) is 0 Å². The SMILES string of the molecule is COc1ccc(C(C)(N)c2ccc(C)cc2)c(OC)c1. The molecule has 0 aliphatic heterocycles. The monoisotopic (exact) mass is 271 g/mol. The summed E-state index contributed by atoms with van der Waals surface area (Å²) in [6, 6.07) is 14.0. The maximum Gasteiger partial charge on any atom is 0.127 e. The average molecular weight is 271 g/mol. The van der Waals surface area contributed by atoms with Gasteiger partial charge in [-0.3, -0.25) is 0 Å². The van der Waals surface area contributed by atoms with Gasteiger partial charge in [0.1, 0.15) is 11.5 Å². The lowest BCUT2D eigenvalue weighted by Crippen LogP contribution is -2.34. The first-order valence-corrected chi connectivity index (χ1v) is 6.57. The van der Waals surface area contributed by atoms with E-state index in [1.165, 1.54) is 5.56 Å². The summed E-state index contributed by atoms with van der Waals surface area (Å²) in [5.41, 5.74) is 9.13. The molecular weight excluding hydrogens is 250 g/mol. The van der Waals surface area contributed by atoms with Crippen LogP contribution >= 0.6 is 0 Å². The maximum absolute atomic E-state index is 6.56. The molecule has 1 unspecified atom stereocenters. The van der Waals surface area contributed by atoms with Crippen molar-refractivity contribution in [1.82, 2.24) is 0 Å². The second kappa shape index (κ2) is 5.55. The molecule has 20 heavy (non-hydrogen) atoms. The fourth-order valence-corrected chi connectivity index (χ4v) is 2.28. The highest BCUT2D eigenvalue weighted by Gasteiger charge is 2.27. The molecule has 0 aliphatic carbocycles. The highest BCUT2D eigenvalue weighted by atomic mass is 16.5. The molecule has 0 fully saturated rings. The predicted molar refractivity (Wildman–Crippen MR) is 81.4 cm³/mol. The largest absolute Gasteiger partial charge is 0.497 e. The Bertz CT molecular complexity index is 588. The zero-order chi connectivity index (χ0) is 14.8. The van der Waals surface area contributed by atoms with Crippen LogP contribution in [0.25, 0.3) is 0 Å². The molecule has 2 rings (SSSR count). The standard InChI is InChI=1S/C17H21NO2/c1-12-5-7-13(8-6-12)17(2,18)15-10-9-14(19-3)11-16(15)20-4/h5-11H,18H2,1-4H3. The number of hydrogen-bond donors (Lipinski definition) is 1. The van der Waals surface area contributed by atoms with Crippen molar-refractivity contribution < 1.29 is 9.47 Å². The summed E-state index contributed by atoms with van der Waals surface area (Å²) in [5.74, 6) is 1.49. The Labute approximate surface area is 120 Å². The second-order valence-electron chi connectivity index (χ2n) is 5.13. The number of aryl methyl sites for hydroxylation is 1. The van der Waals surface area contributed by atoms with Crippen LogP contribution in [0.15, 0.2) is 42.5 Å². The van der Waals surface area contributed by atoms with Crippen molar-refractivity contribution in [1.29, 1.82) is 0 Å². The quantitative estimate of drug-likeness (QED) is 0.928. The third-order valence-electron chi connectivity index (χ3n) is 3.62. The van der Waals surface area contributed by atoms with Crippen molar-refractivity contribution in [2.24, 2.45) is 5.73 Å². The van der Waals surface area contributed by atoms with Crippen LogP contribution in [0, 0.1) is 6.92 Å². The molecule has 0 saturated heterocycles. The molecule has 2 aromatic carbocycles. The van der Waals surface area contributed by atoms with Crippen LogP contribution in [0.3, 0.4) is 0 Å². The predicted octanol–water partition coefficient (Wildman–Crippen LogP) is 3.23. The molecule has 0 spiro atoms. The number of hydrogen-bond acceptors (Lipinski definition) is 3. The van der Waals surface area contributed by atoms with Gasteiger partial charge in [-0.25, -0.2) is 0 Å². The van der Waals surface area contributed by atoms with E-state index in [1.54, 1.807) is 14.2 Å². The minimum absolute atomic E-state index is 0.620. The van der Waals surface area contributed by atoms with Crippen LogP contribution in [0.4, 0.5) is 0 Å². The van der Waals surface area contributed by atoms with Gasteiger partial charge in [-0.1, -0.05) is 29.8 Å². The molecule has 2 aromatic rings. The Balaban J connectivity index is 2.50. The Hall–Kier alpha value is -2.00. The lowest BCUT2D eigenvalue weighted by molar-refractivity contribution is 0.384. The molecule has 0 saturated carbocycles. The van der Waals surface area contributed by atoms with E-state index in [0.717, 1.165) is 22.6 Å². The van der Waals surface area contributed by atoms with Crippen LogP contribution in [-0.2, 0) is 5.54 Å². The van der Waals surface area contributed by atoms with E-state index in [9.17, 15) is 0 Å². The van der Waals surface area contributed by atoms with E-state index < -0.39 is 5.54 Å². The summed E-state index contributed by atoms with van der Waals surface area (Å²) in [5, 5.41) is 0. The number of methoxy groups -OCH3 is 2. The van der Waals surface area contributed by atoms with Crippen LogP contribution in [0.2, 0.25) is 0 Å². The normalized spacial score (nSPS) is 13.7. The van der Waals surface area contributed by atoms with Gasteiger partial charge in [-0.05, 0) is 31.5 Å². The van der Waals surface area contributed by atoms with Crippen LogP contribution in [-0.4, -0.2) is 14.2 Å². The summed E-state index contributed by atoms with van der Waals surface area (Å²) >= 11 is 0. The molecule has 0 bridgehead atoms. The van der Waals surface area contributed by atoms with Gasteiger partial charge >= 0.3 is 0 Å². The molecular formula is C17H21NO2. The molecule has 0 amide bonds. The molecule has 0 radical (unpaired) electrons. The molecule has 2 N–H and O–H groups in total. The van der Waals surface area contributed by atoms with Gasteiger partial charge in [0.2, 0.25) is 0 Å². The number of nitrogens with two attached hydrogens (primary N) is 1. The third kappa shape index (κ3) is 2.63. The van der Waals surface area contributed by atoms with Crippen molar-refractivity contribution >= 4 is 0 Å². The van der Waals surface area contributed by atoms with Gasteiger partial charge < -0.3 is 15.2 Å². The summed E-state index contributed by atoms with van der Waals surface area (Å²) in [4.78, 5) is 0. The summed E-state index contributed by atoms with van der Waals surface area (Å²) < 4.78 is 10.7. The number of ether oxygens (including phenoxy) is 2. The second-order valence-corrected chi connectivity index (χ2v) is 5.13. The first kappa shape index (κ1) is 14.4. The average Bonchev–Trinajstić information content (AvgIpc) is 2.46. The minimum Gasteiger partial charge on any atom is -0.497 e. The summed E-state index contributed by atoms with van der Waals surface area (Å²) in [6.07, 6.45) is 0. The van der Waals surface area contributed by atoms with Gasteiger partial charge in [0.05, 0.1) is 19.8 Å². The molecule has 106 valence electrons.